The van der Waals surface area contributed by atoms with Crippen molar-refractivity contribution >= 4 is 17.6 Å². The molecule has 0 aliphatic rings. The van der Waals surface area contributed by atoms with Crippen LogP contribution in [-0.4, -0.2) is 32.1 Å². The number of nitrogens with zero attached hydrogens (tertiary/aromatic N) is 3. The molecule has 110 valence electrons. The van der Waals surface area contributed by atoms with Crippen LogP contribution >= 0.6 is 0 Å². The van der Waals surface area contributed by atoms with Crippen LogP contribution in [0.3, 0.4) is 0 Å². The van der Waals surface area contributed by atoms with E-state index in [0.717, 1.165) is 5.56 Å². The first kappa shape index (κ1) is 14.5. The molecule has 0 spiro atoms. The second-order valence-electron chi connectivity index (χ2n) is 4.47. The standard InChI is InChI=1S/C13H14N4O4/c1-16-8-15-12(17(20)21)11(16)14-6-5-9-3-2-4-10(7-9)13(18)19/h2-4,7-8,14H,5-6H2,1H3,(H,18,19). The van der Waals surface area contributed by atoms with Crippen LogP contribution in [0.2, 0.25) is 0 Å². The van der Waals surface area contributed by atoms with Crippen LogP contribution in [0, 0.1) is 10.1 Å². The van der Waals surface area contributed by atoms with Crippen molar-refractivity contribution in [3.8, 4) is 0 Å². The van der Waals surface area contributed by atoms with E-state index in [1.807, 2.05) is 6.07 Å². The maximum atomic E-state index is 10.9. The molecule has 21 heavy (non-hydrogen) atoms. The second kappa shape index (κ2) is 6.04. The Kier molecular flexibility index (Phi) is 4.17. The number of nitrogens with one attached hydrogen (secondary N) is 1. The summed E-state index contributed by atoms with van der Waals surface area (Å²) in [5.74, 6) is -0.877. The van der Waals surface area contributed by atoms with E-state index in [2.05, 4.69) is 10.3 Å². The Morgan fingerprint density at radius 3 is 2.95 bits per heavy atom. The SMILES string of the molecule is Cn1cnc([N+](=O)[O-])c1NCCc1cccc(C(=O)O)c1. The minimum Gasteiger partial charge on any atom is -0.478 e. The highest BCUT2D eigenvalue weighted by atomic mass is 16.6. The number of hydrogen-bond donors (Lipinski definition) is 2. The Bertz CT molecular complexity index is 681. The minimum absolute atomic E-state index is 0.221. The van der Waals surface area contributed by atoms with Gasteiger partial charge >= 0.3 is 11.8 Å². The van der Waals surface area contributed by atoms with E-state index in [-0.39, 0.29) is 11.4 Å². The summed E-state index contributed by atoms with van der Waals surface area (Å²) in [5, 5.41) is 22.7. The fourth-order valence-corrected chi connectivity index (χ4v) is 1.94. The molecule has 0 saturated carbocycles. The zero-order valence-electron chi connectivity index (χ0n) is 11.3. The minimum atomic E-state index is -0.980. The summed E-state index contributed by atoms with van der Waals surface area (Å²) >= 11 is 0. The summed E-state index contributed by atoms with van der Waals surface area (Å²) in [5.41, 5.74) is 1.06. The van der Waals surface area contributed by atoms with E-state index in [4.69, 9.17) is 5.11 Å². The Balaban J connectivity index is 2.02. The Hall–Kier alpha value is -2.90. The van der Waals surface area contributed by atoms with Crippen molar-refractivity contribution in [2.24, 2.45) is 7.05 Å². The van der Waals surface area contributed by atoms with E-state index in [9.17, 15) is 14.9 Å². The van der Waals surface area contributed by atoms with Gasteiger partial charge in [0.05, 0.1) is 5.56 Å². The average Bonchev–Trinajstić information content (AvgIpc) is 2.81. The zero-order valence-corrected chi connectivity index (χ0v) is 11.3. The predicted molar refractivity (Wildman–Crippen MR) is 75.5 cm³/mol. The molecule has 8 heteroatoms. The summed E-state index contributed by atoms with van der Waals surface area (Å²) in [6.45, 7) is 0.434. The highest BCUT2D eigenvalue weighted by Gasteiger charge is 2.19. The van der Waals surface area contributed by atoms with Gasteiger partial charge in [-0.1, -0.05) is 12.1 Å². The summed E-state index contributed by atoms with van der Waals surface area (Å²) in [7, 11) is 1.66. The predicted octanol–water partition coefficient (Wildman–Crippen LogP) is 1.68. The van der Waals surface area contributed by atoms with Gasteiger partial charge in [-0.3, -0.25) is 4.57 Å². The number of hydrogen-bond acceptors (Lipinski definition) is 5. The molecule has 0 fully saturated rings. The molecule has 2 rings (SSSR count). The van der Waals surface area contributed by atoms with Crippen LogP contribution in [0.25, 0.3) is 0 Å². The number of benzene rings is 1. The van der Waals surface area contributed by atoms with Crippen LogP contribution in [-0.2, 0) is 13.5 Å². The highest BCUT2D eigenvalue weighted by molar-refractivity contribution is 5.87. The van der Waals surface area contributed by atoms with Crippen molar-refractivity contribution in [2.75, 3.05) is 11.9 Å². The van der Waals surface area contributed by atoms with Gasteiger partial charge in [-0.15, -0.1) is 0 Å². The third-order valence-corrected chi connectivity index (χ3v) is 2.97. The third-order valence-electron chi connectivity index (χ3n) is 2.97. The lowest BCUT2D eigenvalue weighted by molar-refractivity contribution is -0.388. The summed E-state index contributed by atoms with van der Waals surface area (Å²) in [4.78, 5) is 24.8. The molecule has 0 bridgehead atoms. The van der Waals surface area contributed by atoms with Crippen LogP contribution in [0.4, 0.5) is 11.6 Å². The molecule has 1 heterocycles. The number of aromatic nitrogens is 2. The molecule has 0 radical (unpaired) electrons. The molecule has 1 aromatic carbocycles. The van der Waals surface area contributed by atoms with Gasteiger partial charge in [0, 0.05) is 13.6 Å². The van der Waals surface area contributed by atoms with Crippen molar-refractivity contribution in [1.82, 2.24) is 9.55 Å². The van der Waals surface area contributed by atoms with Crippen molar-refractivity contribution < 1.29 is 14.8 Å². The Morgan fingerprint density at radius 1 is 1.52 bits per heavy atom. The number of rotatable bonds is 6. The quantitative estimate of drug-likeness (QED) is 0.618. The number of imidazole rings is 1. The lowest BCUT2D eigenvalue weighted by Gasteiger charge is -2.07. The van der Waals surface area contributed by atoms with E-state index < -0.39 is 10.9 Å². The van der Waals surface area contributed by atoms with Gasteiger partial charge in [0.1, 0.15) is 0 Å². The summed E-state index contributed by atoms with van der Waals surface area (Å²) < 4.78 is 1.53. The number of carbonyl (C=O) groups is 1. The second-order valence-corrected chi connectivity index (χ2v) is 4.47. The van der Waals surface area contributed by atoms with Gasteiger partial charge in [-0.05, 0) is 34.0 Å². The molecule has 0 amide bonds. The van der Waals surface area contributed by atoms with E-state index in [0.29, 0.717) is 18.8 Å². The monoisotopic (exact) mass is 290 g/mol. The fourth-order valence-electron chi connectivity index (χ4n) is 1.94. The molecule has 2 N–H and O–H groups in total. The van der Waals surface area contributed by atoms with E-state index >= 15 is 0 Å². The largest absolute Gasteiger partial charge is 0.478 e. The van der Waals surface area contributed by atoms with Crippen LogP contribution in [0.1, 0.15) is 15.9 Å². The molecule has 1 aromatic heterocycles. The number of aromatic carboxylic acids is 1. The molecule has 8 nitrogen and oxygen atoms in total. The van der Waals surface area contributed by atoms with Gasteiger partial charge < -0.3 is 20.5 Å². The number of carboxylic acid groups (broad SMARTS) is 1. The van der Waals surface area contributed by atoms with Gasteiger partial charge in [0.25, 0.3) is 0 Å². The van der Waals surface area contributed by atoms with Gasteiger partial charge in [-0.25, -0.2) is 4.79 Å². The van der Waals surface area contributed by atoms with E-state index in [1.54, 1.807) is 19.2 Å². The van der Waals surface area contributed by atoms with Gasteiger partial charge in [0.2, 0.25) is 12.1 Å². The first-order chi connectivity index (χ1) is 9.99. The van der Waals surface area contributed by atoms with Gasteiger partial charge in [0.15, 0.2) is 0 Å². The maximum Gasteiger partial charge on any atom is 0.406 e. The first-order valence-corrected chi connectivity index (χ1v) is 6.21. The molecule has 0 unspecified atom stereocenters. The van der Waals surface area contributed by atoms with Gasteiger partial charge in [-0.2, -0.15) is 0 Å². The normalized spacial score (nSPS) is 10.3. The lowest BCUT2D eigenvalue weighted by atomic mass is 10.1. The van der Waals surface area contributed by atoms with Crippen LogP contribution in [0.5, 0.6) is 0 Å². The lowest BCUT2D eigenvalue weighted by Crippen LogP contribution is -2.10. The number of aryl methyl sites for hydroxylation is 1. The number of nitro groups is 1. The molecule has 0 aliphatic carbocycles. The Morgan fingerprint density at radius 2 is 2.29 bits per heavy atom. The zero-order chi connectivity index (χ0) is 15.4. The smallest absolute Gasteiger partial charge is 0.406 e. The molecule has 2 aromatic rings. The number of carboxylic acids is 1. The summed E-state index contributed by atoms with van der Waals surface area (Å²) in [6, 6.07) is 6.59. The Labute approximate surface area is 120 Å². The fraction of sp³-hybridized carbons (Fsp3) is 0.231. The van der Waals surface area contributed by atoms with Crippen LogP contribution < -0.4 is 5.32 Å². The number of anilines is 1. The topological polar surface area (TPSA) is 110 Å². The van der Waals surface area contributed by atoms with Crippen molar-refractivity contribution in [3.63, 3.8) is 0 Å². The van der Waals surface area contributed by atoms with Crippen molar-refractivity contribution in [3.05, 3.63) is 51.8 Å². The van der Waals surface area contributed by atoms with Crippen molar-refractivity contribution in [2.45, 2.75) is 6.42 Å². The van der Waals surface area contributed by atoms with Crippen LogP contribution in [0.15, 0.2) is 30.6 Å². The summed E-state index contributed by atoms with van der Waals surface area (Å²) in [6.07, 6.45) is 1.91. The first-order valence-electron chi connectivity index (χ1n) is 6.21. The molecular weight excluding hydrogens is 276 g/mol. The molecule has 0 aliphatic heterocycles. The maximum absolute atomic E-state index is 10.9. The third kappa shape index (κ3) is 3.35. The van der Waals surface area contributed by atoms with Crippen molar-refractivity contribution in [1.29, 1.82) is 0 Å². The molecule has 0 atom stereocenters. The average molecular weight is 290 g/mol. The van der Waals surface area contributed by atoms with E-state index in [1.165, 1.54) is 17.0 Å². The molecular formula is C13H14N4O4. The molecule has 0 saturated heterocycles. The highest BCUT2D eigenvalue weighted by Crippen LogP contribution is 2.20.